The van der Waals surface area contributed by atoms with Crippen molar-refractivity contribution in [3.8, 4) is 17.6 Å². The molecule has 5 aromatic rings. The van der Waals surface area contributed by atoms with Gasteiger partial charge in [-0.25, -0.2) is 9.69 Å². The molecule has 0 aromatic heterocycles. The predicted molar refractivity (Wildman–Crippen MR) is 222 cm³/mol. The molecule has 6 atom stereocenters. The quantitative estimate of drug-likeness (QED) is 0.0680. The zero-order valence-electron chi connectivity index (χ0n) is 33.0. The molecule has 1 spiro atoms. The van der Waals surface area contributed by atoms with E-state index < -0.39 is 64.4 Å². The lowest BCUT2D eigenvalue weighted by Crippen LogP contribution is -2.55. The van der Waals surface area contributed by atoms with Crippen LogP contribution >= 0.6 is 0 Å². The van der Waals surface area contributed by atoms with Crippen LogP contribution < -0.4 is 15.4 Å². The molecular weight excluding hydrogens is 797 g/mol. The zero-order valence-corrected chi connectivity index (χ0v) is 33.0. The third kappa shape index (κ3) is 7.09. The van der Waals surface area contributed by atoms with E-state index in [1.54, 1.807) is 53.4 Å². The number of fused-ring (bicyclic) bond motifs is 3. The second-order valence-corrected chi connectivity index (χ2v) is 14.9. The Bertz CT molecular complexity index is 2600. The van der Waals surface area contributed by atoms with Crippen LogP contribution in [-0.4, -0.2) is 69.8 Å². The van der Waals surface area contributed by atoms with E-state index in [0.29, 0.717) is 27.8 Å². The summed E-state index contributed by atoms with van der Waals surface area (Å²) < 4.78 is 18.2. The standard InChI is InChI=1S/C47H40N4O11/c48-43(54)38-40-44(55)62-41(32-14-5-2-6-15-32)39(31-12-3-1-4-13-31)50(40)42(34-16-7-8-17-37(34)60-26-25-53)47(38)35-27-29(11-9-10-24-52)20-23-36(35)49(45(47)56)46(57)61-28-30-18-21-33(22-19-30)51(58)59/h1-8,12-23,27,38-42,52-53H,10,24-26,28H2,(H2,48,54)/t38-,39-,40-,41+,42+,47-/m0/s1. The molecule has 15 heteroatoms. The monoisotopic (exact) mass is 836 g/mol. The summed E-state index contributed by atoms with van der Waals surface area (Å²) in [6, 6.07) is 31.3. The first-order valence-corrected chi connectivity index (χ1v) is 19.8. The molecule has 5 aromatic carbocycles. The fourth-order valence-corrected chi connectivity index (χ4v) is 9.10. The summed E-state index contributed by atoms with van der Waals surface area (Å²) in [5.41, 5.74) is 6.65. The van der Waals surface area contributed by atoms with Crippen molar-refractivity contribution in [3.63, 3.8) is 0 Å². The van der Waals surface area contributed by atoms with Gasteiger partial charge in [0, 0.05) is 29.7 Å². The maximum absolute atomic E-state index is 16.0. The maximum atomic E-state index is 16.0. The number of benzene rings is 5. The van der Waals surface area contributed by atoms with E-state index in [9.17, 15) is 34.7 Å². The van der Waals surface area contributed by atoms with Crippen molar-refractivity contribution in [2.75, 3.05) is 24.7 Å². The number of rotatable bonds is 11. The number of nitro groups is 1. The summed E-state index contributed by atoms with van der Waals surface area (Å²) >= 11 is 0. The van der Waals surface area contributed by atoms with Crippen molar-refractivity contribution in [3.05, 3.63) is 171 Å². The van der Waals surface area contributed by atoms with E-state index in [0.717, 1.165) is 4.90 Å². The van der Waals surface area contributed by atoms with Crippen LogP contribution in [0, 0.1) is 27.9 Å². The number of aliphatic hydroxyl groups is 2. The number of nitrogens with zero attached hydrogens (tertiary/aromatic N) is 3. The van der Waals surface area contributed by atoms with Gasteiger partial charge in [-0.2, -0.15) is 0 Å². The van der Waals surface area contributed by atoms with Crippen molar-refractivity contribution < 1.29 is 48.5 Å². The summed E-state index contributed by atoms with van der Waals surface area (Å²) in [6.07, 6.45) is -1.98. The van der Waals surface area contributed by atoms with E-state index in [1.165, 1.54) is 30.3 Å². The minimum Gasteiger partial charge on any atom is -0.491 e. The summed E-state index contributed by atoms with van der Waals surface area (Å²) in [4.78, 5) is 73.1. The second-order valence-electron chi connectivity index (χ2n) is 14.9. The summed E-state index contributed by atoms with van der Waals surface area (Å²) in [7, 11) is 0. The highest BCUT2D eigenvalue weighted by atomic mass is 16.6. The van der Waals surface area contributed by atoms with Crippen molar-refractivity contribution in [2.24, 2.45) is 11.7 Å². The fourth-order valence-electron chi connectivity index (χ4n) is 9.10. The number of cyclic esters (lactones) is 1. The molecule has 0 bridgehead atoms. The normalized spacial score (nSPS) is 22.5. The van der Waals surface area contributed by atoms with Crippen LogP contribution in [0.4, 0.5) is 16.2 Å². The number of non-ortho nitro benzene ring substituents is 1. The van der Waals surface area contributed by atoms with Gasteiger partial charge in [-0.1, -0.05) is 90.7 Å². The molecule has 8 rings (SSSR count). The Morgan fingerprint density at radius 3 is 2.19 bits per heavy atom. The number of hydrogen-bond acceptors (Lipinski definition) is 12. The number of nitrogens with two attached hydrogens (primary N) is 1. The minimum absolute atomic E-state index is 0.0329. The van der Waals surface area contributed by atoms with Crippen LogP contribution in [0.15, 0.2) is 127 Å². The molecule has 3 aliphatic rings. The van der Waals surface area contributed by atoms with Crippen LogP contribution in [0.2, 0.25) is 0 Å². The van der Waals surface area contributed by atoms with Crippen molar-refractivity contribution in [1.82, 2.24) is 4.90 Å². The molecule has 314 valence electrons. The van der Waals surface area contributed by atoms with E-state index in [4.69, 9.17) is 19.9 Å². The number of carbonyl (C=O) groups excluding carboxylic acids is 4. The summed E-state index contributed by atoms with van der Waals surface area (Å²) in [5, 5.41) is 30.7. The van der Waals surface area contributed by atoms with Crippen molar-refractivity contribution >= 4 is 35.3 Å². The van der Waals surface area contributed by atoms with Gasteiger partial charge < -0.3 is 30.2 Å². The maximum Gasteiger partial charge on any atom is 0.421 e. The van der Waals surface area contributed by atoms with Gasteiger partial charge in [0.1, 0.15) is 36.5 Å². The first-order chi connectivity index (χ1) is 30.1. The van der Waals surface area contributed by atoms with Gasteiger partial charge in [0.25, 0.3) is 5.69 Å². The predicted octanol–water partition coefficient (Wildman–Crippen LogP) is 5.19. The Kier molecular flexibility index (Phi) is 11.5. The van der Waals surface area contributed by atoms with Crippen LogP contribution in [0.3, 0.4) is 0 Å². The number of amides is 3. The number of hydrogen-bond donors (Lipinski definition) is 3. The lowest BCUT2D eigenvalue weighted by atomic mass is 9.65. The molecule has 3 heterocycles. The Labute approximate surface area is 355 Å². The summed E-state index contributed by atoms with van der Waals surface area (Å²) in [5.74, 6) is 1.62. The highest BCUT2D eigenvalue weighted by Gasteiger charge is 2.76. The van der Waals surface area contributed by atoms with Crippen molar-refractivity contribution in [1.29, 1.82) is 0 Å². The molecule has 62 heavy (non-hydrogen) atoms. The molecule has 3 amide bonds. The van der Waals surface area contributed by atoms with Crippen molar-refractivity contribution in [2.45, 2.75) is 42.7 Å². The average Bonchev–Trinajstić information content (AvgIpc) is 3.74. The van der Waals surface area contributed by atoms with Gasteiger partial charge in [-0.05, 0) is 58.7 Å². The highest BCUT2D eigenvalue weighted by molar-refractivity contribution is 6.23. The van der Waals surface area contributed by atoms with Gasteiger partial charge in [0.05, 0.1) is 41.8 Å². The number of morpholine rings is 1. The van der Waals surface area contributed by atoms with Gasteiger partial charge in [0.15, 0.2) is 0 Å². The number of para-hydroxylation sites is 1. The number of esters is 1. The third-order valence-corrected chi connectivity index (χ3v) is 11.5. The van der Waals surface area contributed by atoms with E-state index in [1.807, 2.05) is 48.5 Å². The molecule has 2 saturated heterocycles. The number of ether oxygens (including phenoxy) is 3. The smallest absolute Gasteiger partial charge is 0.421 e. The SMILES string of the molecule is NC(=O)[C@@H]1[C@H]2C(=O)O[C@H](c3ccccc3)[C@H](c3ccccc3)N2[C@H](c2ccccc2OCCO)[C@@]12C(=O)N(C(=O)OCc1ccc([N+](=O)[O-])cc1)c1ccc(C#CCCO)cc12. The Hall–Kier alpha value is -7.38. The topological polar surface area (TPSA) is 212 Å². The Balaban J connectivity index is 1.40. The fraction of sp³-hybridized carbons (Fsp3) is 0.234. The van der Waals surface area contributed by atoms with Gasteiger partial charge in [-0.3, -0.25) is 29.4 Å². The lowest BCUT2D eigenvalue weighted by Gasteiger charge is -2.46. The Morgan fingerprint density at radius 1 is 0.855 bits per heavy atom. The number of anilines is 1. The summed E-state index contributed by atoms with van der Waals surface area (Å²) in [6.45, 7) is -1.11. The van der Waals surface area contributed by atoms with Gasteiger partial charge in [-0.15, -0.1) is 0 Å². The molecule has 15 nitrogen and oxygen atoms in total. The van der Waals surface area contributed by atoms with Crippen LogP contribution in [0.5, 0.6) is 5.75 Å². The number of primary amides is 1. The molecule has 0 saturated carbocycles. The van der Waals surface area contributed by atoms with Crippen LogP contribution in [-0.2, 0) is 35.9 Å². The number of carbonyl (C=O) groups is 4. The Morgan fingerprint density at radius 2 is 1.53 bits per heavy atom. The van der Waals surface area contributed by atoms with E-state index in [2.05, 4.69) is 11.8 Å². The molecule has 4 N–H and O–H groups in total. The second kappa shape index (κ2) is 17.3. The molecule has 3 aliphatic heterocycles. The van der Waals surface area contributed by atoms with Gasteiger partial charge >= 0.3 is 12.1 Å². The van der Waals surface area contributed by atoms with E-state index in [-0.39, 0.29) is 55.5 Å². The van der Waals surface area contributed by atoms with Gasteiger partial charge in [0.2, 0.25) is 11.8 Å². The molecular formula is C47H40N4O11. The molecule has 0 unspecified atom stereocenters. The third-order valence-electron chi connectivity index (χ3n) is 11.5. The van der Waals surface area contributed by atoms with Crippen LogP contribution in [0.1, 0.15) is 58.0 Å². The average molecular weight is 837 g/mol. The number of aliphatic hydroxyl groups excluding tert-OH is 2. The molecule has 2 fully saturated rings. The van der Waals surface area contributed by atoms with Crippen LogP contribution in [0.25, 0.3) is 0 Å². The zero-order chi connectivity index (χ0) is 43.5. The number of nitro benzene ring substituents is 1. The largest absolute Gasteiger partial charge is 0.491 e. The first-order valence-electron chi connectivity index (χ1n) is 19.8. The minimum atomic E-state index is -2.18. The molecule has 0 radical (unpaired) electrons. The molecule has 0 aliphatic carbocycles. The lowest BCUT2D eigenvalue weighted by molar-refractivity contribution is -0.384. The highest BCUT2D eigenvalue weighted by Crippen LogP contribution is 2.66. The van der Waals surface area contributed by atoms with E-state index >= 15 is 4.79 Å². The number of imide groups is 1. The first kappa shape index (κ1) is 41.4.